The van der Waals surface area contributed by atoms with Crippen molar-refractivity contribution in [2.24, 2.45) is 0 Å². The molecule has 2 amide bonds. The predicted octanol–water partition coefficient (Wildman–Crippen LogP) is 4.13. The van der Waals surface area contributed by atoms with Gasteiger partial charge in [-0.25, -0.2) is 31.4 Å². The van der Waals surface area contributed by atoms with E-state index in [0.29, 0.717) is 68.7 Å². The van der Waals surface area contributed by atoms with E-state index < -0.39 is 48.8 Å². The van der Waals surface area contributed by atoms with Crippen molar-refractivity contribution in [3.05, 3.63) is 111 Å². The SMILES string of the molecule is CC(=O)NCCCCCNC(=O)OC1CC/C=C/CCC1.CC1(C)C=C(CS(=O)(=O)[O-])c2cc3c(cc2N1)Oc1cc2c(cc1=C3c1ccccc1C(=O)O)C(CS(=O)(=O)[O-])=CC(C)(C)[NH+]=2.CC[NH+](CC)CC. The Hall–Kier alpha value is -5.86. The molecular formula is C54H73N5O12S2. The van der Waals surface area contributed by atoms with Crippen LogP contribution in [0.5, 0.6) is 11.5 Å². The molecule has 0 spiro atoms. The molecule has 73 heavy (non-hydrogen) atoms. The summed E-state index contributed by atoms with van der Waals surface area (Å²) in [4.78, 5) is 39.8. The predicted molar refractivity (Wildman–Crippen MR) is 280 cm³/mol. The quantitative estimate of drug-likeness (QED) is 0.0525. The lowest BCUT2D eigenvalue weighted by atomic mass is 9.84. The number of aromatic carboxylic acids is 1. The number of nitrogens with one attached hydrogen (secondary N) is 5. The number of allylic oxidation sites excluding steroid dienone is 2. The maximum Gasteiger partial charge on any atom is 0.407 e. The number of benzene rings is 3. The monoisotopic (exact) mass is 1050 g/mol. The molecule has 0 bridgehead atoms. The molecule has 0 fully saturated rings. The molecule has 0 aromatic heterocycles. The van der Waals surface area contributed by atoms with Gasteiger partial charge in [0, 0.05) is 67.5 Å². The minimum absolute atomic E-state index is 0.00532. The van der Waals surface area contributed by atoms with Crippen molar-refractivity contribution < 1.29 is 64.8 Å². The third kappa shape index (κ3) is 17.4. The van der Waals surface area contributed by atoms with Crippen LogP contribution in [0.2, 0.25) is 0 Å². The Balaban J connectivity index is 0.000000293. The highest BCUT2D eigenvalue weighted by atomic mass is 32.2. The molecular weight excluding hydrogens is 975 g/mol. The van der Waals surface area contributed by atoms with E-state index in [2.05, 4.69) is 53.9 Å². The van der Waals surface area contributed by atoms with Gasteiger partial charge < -0.3 is 44.5 Å². The summed E-state index contributed by atoms with van der Waals surface area (Å²) in [5, 5.41) is 20.0. The zero-order valence-corrected chi connectivity index (χ0v) is 45.0. The zero-order valence-electron chi connectivity index (χ0n) is 43.4. The summed E-state index contributed by atoms with van der Waals surface area (Å²) in [6.45, 7) is 20.7. The molecule has 1 unspecified atom stereocenters. The lowest BCUT2D eigenvalue weighted by Crippen LogP contribution is -3.11. The Bertz CT molecular complexity index is 2950. The second-order valence-corrected chi connectivity index (χ2v) is 22.6. The van der Waals surface area contributed by atoms with Crippen molar-refractivity contribution >= 4 is 60.6 Å². The van der Waals surface area contributed by atoms with Crippen molar-refractivity contribution in [3.8, 4) is 11.5 Å². The molecule has 3 aliphatic heterocycles. The first kappa shape index (κ1) is 58.0. The van der Waals surface area contributed by atoms with Crippen LogP contribution >= 0.6 is 0 Å². The van der Waals surface area contributed by atoms with Gasteiger partial charge in [0.1, 0.15) is 17.6 Å². The van der Waals surface area contributed by atoms with Crippen LogP contribution in [0, 0.1) is 0 Å². The van der Waals surface area contributed by atoms with Crippen molar-refractivity contribution in [1.82, 2.24) is 10.6 Å². The summed E-state index contributed by atoms with van der Waals surface area (Å²) in [6, 6.07) is 13.1. The van der Waals surface area contributed by atoms with Gasteiger partial charge in [-0.3, -0.25) is 4.79 Å². The average Bonchev–Trinajstić information content (AvgIpc) is 3.27. The topological polar surface area (TPSA) is 259 Å². The highest BCUT2D eigenvalue weighted by Gasteiger charge is 2.33. The number of quaternary nitrogens is 1. The van der Waals surface area contributed by atoms with E-state index in [0.717, 1.165) is 51.4 Å². The van der Waals surface area contributed by atoms with Crippen molar-refractivity contribution in [3.63, 3.8) is 0 Å². The number of rotatable bonds is 16. The molecule has 0 saturated carbocycles. The van der Waals surface area contributed by atoms with Crippen LogP contribution in [0.3, 0.4) is 0 Å². The first-order chi connectivity index (χ1) is 34.3. The minimum atomic E-state index is -4.66. The molecule has 19 heteroatoms. The van der Waals surface area contributed by atoms with Gasteiger partial charge in [0.25, 0.3) is 0 Å². The average molecular weight is 1050 g/mol. The summed E-state index contributed by atoms with van der Waals surface area (Å²) >= 11 is 0. The van der Waals surface area contributed by atoms with Crippen LogP contribution in [0.15, 0.2) is 72.8 Å². The number of carbonyl (C=O) groups is 3. The summed E-state index contributed by atoms with van der Waals surface area (Å²) < 4.78 is 83.3. The lowest BCUT2D eigenvalue weighted by Gasteiger charge is -2.34. The van der Waals surface area contributed by atoms with Crippen LogP contribution in [0.25, 0.3) is 16.7 Å². The first-order valence-electron chi connectivity index (χ1n) is 25.1. The number of carboxylic acid groups (broad SMARTS) is 1. The third-order valence-corrected chi connectivity index (χ3v) is 14.1. The third-order valence-electron chi connectivity index (χ3n) is 12.8. The van der Waals surface area contributed by atoms with Gasteiger partial charge in [0.15, 0.2) is 5.54 Å². The van der Waals surface area contributed by atoms with Crippen molar-refractivity contribution in [2.75, 3.05) is 49.5 Å². The Morgan fingerprint density at radius 1 is 0.795 bits per heavy atom. The van der Waals surface area contributed by atoms with E-state index in [1.807, 2.05) is 27.7 Å². The number of fused-ring (bicyclic) bond motifs is 4. The smallest absolute Gasteiger partial charge is 0.407 e. The van der Waals surface area contributed by atoms with E-state index in [-0.39, 0.29) is 34.8 Å². The van der Waals surface area contributed by atoms with Gasteiger partial charge in [0.2, 0.25) is 11.3 Å². The van der Waals surface area contributed by atoms with Gasteiger partial charge in [-0.15, -0.1) is 0 Å². The van der Waals surface area contributed by atoms with Gasteiger partial charge in [0.05, 0.1) is 74.1 Å². The number of carboxylic acids is 1. The Morgan fingerprint density at radius 2 is 1.42 bits per heavy atom. The summed E-state index contributed by atoms with van der Waals surface area (Å²) in [6.07, 6.45) is 15.3. The van der Waals surface area contributed by atoms with Gasteiger partial charge in [-0.2, -0.15) is 0 Å². The summed E-state index contributed by atoms with van der Waals surface area (Å²) in [7, 11) is -9.32. The van der Waals surface area contributed by atoms with Crippen LogP contribution in [-0.4, -0.2) is 110 Å². The van der Waals surface area contributed by atoms with Gasteiger partial charge in [-0.05, 0) is 127 Å². The second-order valence-electron chi connectivity index (χ2n) is 19.8. The molecule has 0 radical (unpaired) electrons. The Labute approximate surface area is 430 Å². The van der Waals surface area contributed by atoms with E-state index >= 15 is 0 Å². The molecule has 4 aliphatic rings. The molecule has 7 rings (SSSR count). The molecule has 3 heterocycles. The van der Waals surface area contributed by atoms with E-state index in [1.54, 1.807) is 59.5 Å². The Morgan fingerprint density at radius 3 is 2.04 bits per heavy atom. The molecule has 1 atom stereocenters. The normalized spacial score (nSPS) is 17.6. The fourth-order valence-corrected chi connectivity index (χ4v) is 10.6. The van der Waals surface area contributed by atoms with Crippen molar-refractivity contribution in [1.29, 1.82) is 0 Å². The molecule has 6 N–H and O–H groups in total. The maximum absolute atomic E-state index is 12.4. The molecule has 3 aromatic carbocycles. The minimum Gasteiger partial charge on any atom is -0.748 e. The molecule has 1 aliphatic carbocycles. The molecule has 398 valence electrons. The fraction of sp³-hybridized carbons (Fsp3) is 0.481. The van der Waals surface area contributed by atoms with Gasteiger partial charge in [-0.1, -0.05) is 36.4 Å². The molecule has 17 nitrogen and oxygen atoms in total. The number of hydrogen-bond acceptors (Lipinski definition) is 12. The van der Waals surface area contributed by atoms with E-state index in [1.165, 1.54) is 32.6 Å². The number of alkyl carbamates (subject to hydrolysis) is 1. The van der Waals surface area contributed by atoms with Crippen molar-refractivity contribution in [2.45, 2.75) is 124 Å². The van der Waals surface area contributed by atoms with E-state index in [4.69, 9.17) is 9.47 Å². The van der Waals surface area contributed by atoms with Crippen LogP contribution in [0.4, 0.5) is 10.5 Å². The lowest BCUT2D eigenvalue weighted by molar-refractivity contribution is -0.894. The number of carbonyl (C=O) groups excluding carboxylic acids is 2. The highest BCUT2D eigenvalue weighted by molar-refractivity contribution is 7.86. The van der Waals surface area contributed by atoms with Gasteiger partial charge >= 0.3 is 12.1 Å². The highest BCUT2D eigenvalue weighted by Crippen LogP contribution is 2.44. The Kier molecular flexibility index (Phi) is 20.2. The first-order valence-corrected chi connectivity index (χ1v) is 28.3. The summed E-state index contributed by atoms with van der Waals surface area (Å²) in [5.41, 5.74) is 1.73. The number of hydrogen-bond donors (Lipinski definition) is 6. The van der Waals surface area contributed by atoms with E-state index in [9.17, 15) is 45.4 Å². The second kappa shape index (κ2) is 25.4. The largest absolute Gasteiger partial charge is 0.748 e. The summed E-state index contributed by atoms with van der Waals surface area (Å²) in [5.74, 6) is -2.00. The number of unbranched alkanes of at least 4 members (excludes halogenated alkanes) is 2. The maximum atomic E-state index is 12.4. The standard InChI is InChI=1S/C32H30N2O9S2.C16H28N2O3.C6H15N/c1-31(2)13-17(15-44(37,38)39)21-9-23-27(11-25(21)33-31)43-28-12-26-22(18(16-45(40,41)42)14-32(3,4)34-26)10-24(28)29(23)19-7-5-6-8-20(19)30(35)36;1-14(19)17-12-8-5-9-13-18-16(20)21-15-10-6-3-2-4-7-11-15;1-4-7(5-2)6-3/h5-14,33H,15-16H2,1-4H3,(H,35,36)(H,37,38,39)(H,40,41,42);2-3,15H,4-13H2,1H3,(H,17,19)(H,18,20);4-6H2,1-3H3/b;3-2+;. The van der Waals surface area contributed by atoms with Crippen LogP contribution in [0.1, 0.15) is 139 Å². The molecule has 3 aromatic rings. The number of amides is 2. The van der Waals surface area contributed by atoms with Crippen LogP contribution in [-0.2, 0) is 29.8 Å². The van der Waals surface area contributed by atoms with Crippen LogP contribution < -0.4 is 41.2 Å². The number of anilines is 1. The molecule has 0 saturated heterocycles. The fourth-order valence-electron chi connectivity index (χ4n) is 9.38. The zero-order chi connectivity index (χ0) is 53.7. The number of ether oxygens (including phenoxy) is 2.